The van der Waals surface area contributed by atoms with Crippen LogP contribution in [0, 0.1) is 6.92 Å². The van der Waals surface area contributed by atoms with E-state index in [2.05, 4.69) is 0 Å². The van der Waals surface area contributed by atoms with Crippen LogP contribution in [0.3, 0.4) is 0 Å². The number of hydrogen-bond acceptors (Lipinski definition) is 2. The third kappa shape index (κ3) is 3.46. The quantitative estimate of drug-likeness (QED) is 0.791. The number of halogens is 1. The van der Waals surface area contributed by atoms with Crippen molar-refractivity contribution in [3.05, 3.63) is 35.4 Å². The van der Waals surface area contributed by atoms with Crippen LogP contribution in [0.1, 0.15) is 17.5 Å². The molecule has 0 aliphatic heterocycles. The van der Waals surface area contributed by atoms with Crippen LogP contribution in [0.25, 0.3) is 0 Å². The first-order valence-corrected chi connectivity index (χ1v) is 5.41. The van der Waals surface area contributed by atoms with Crippen LogP contribution in [0.4, 0.5) is 0 Å². The molecule has 0 saturated carbocycles. The summed E-state index contributed by atoms with van der Waals surface area (Å²) < 4.78 is 0. The molecule has 0 aromatic heterocycles. The molecule has 0 spiro atoms. The lowest BCUT2D eigenvalue weighted by Crippen LogP contribution is -2.37. The summed E-state index contributed by atoms with van der Waals surface area (Å²) in [4.78, 5) is 19.9. The van der Waals surface area contributed by atoms with E-state index in [1.165, 1.54) is 0 Å². The average Bonchev–Trinajstić information content (AvgIpc) is 2.20. The minimum atomic E-state index is -1.79. The average molecular weight is 257 g/mol. The summed E-state index contributed by atoms with van der Waals surface area (Å²) in [5, 5.41) is 17.7. The van der Waals surface area contributed by atoms with E-state index in [1.54, 1.807) is 12.1 Å². The fourth-order valence-electron chi connectivity index (χ4n) is 1.56. The summed E-state index contributed by atoms with van der Waals surface area (Å²) in [7, 11) is 0. The number of aliphatic carboxylic acids is 2. The molecule has 17 heavy (non-hydrogen) atoms. The van der Waals surface area contributed by atoms with Crippen LogP contribution in [-0.4, -0.2) is 27.0 Å². The molecule has 4 nitrogen and oxygen atoms in total. The Bertz CT molecular complexity index is 444. The predicted octanol–water partition coefficient (Wildman–Crippen LogP) is 2.07. The van der Waals surface area contributed by atoms with Gasteiger partial charge < -0.3 is 10.2 Å². The van der Waals surface area contributed by atoms with Crippen molar-refractivity contribution in [1.82, 2.24) is 0 Å². The highest BCUT2D eigenvalue weighted by Gasteiger charge is 2.39. The monoisotopic (exact) mass is 256 g/mol. The van der Waals surface area contributed by atoms with Crippen molar-refractivity contribution < 1.29 is 19.8 Å². The van der Waals surface area contributed by atoms with Gasteiger partial charge in [0.15, 0.2) is 4.87 Å². The molecule has 1 aromatic carbocycles. The van der Waals surface area contributed by atoms with Gasteiger partial charge in [-0.1, -0.05) is 24.3 Å². The highest BCUT2D eigenvalue weighted by molar-refractivity contribution is 6.34. The Hall–Kier alpha value is -1.55. The lowest BCUT2D eigenvalue weighted by molar-refractivity contribution is -0.146. The first-order valence-electron chi connectivity index (χ1n) is 5.04. The molecule has 0 bridgehead atoms. The standard InChI is InChI=1S/C12H13ClO4/c1-8-4-2-3-5-9(8)6-12(13,11(16)17)7-10(14)15/h2-5H,6-7H2,1H3,(H,14,15)(H,16,17)/t12-/m0/s1. The third-order valence-electron chi connectivity index (χ3n) is 2.55. The maximum atomic E-state index is 11.1. The molecule has 1 atom stereocenters. The molecular formula is C12H13ClO4. The largest absolute Gasteiger partial charge is 0.481 e. The van der Waals surface area contributed by atoms with Gasteiger partial charge in [-0.3, -0.25) is 9.59 Å². The smallest absolute Gasteiger partial charge is 0.325 e. The minimum Gasteiger partial charge on any atom is -0.481 e. The summed E-state index contributed by atoms with van der Waals surface area (Å²) in [6, 6.07) is 7.17. The number of hydrogen-bond donors (Lipinski definition) is 2. The molecule has 0 saturated heterocycles. The molecule has 1 aromatic rings. The van der Waals surface area contributed by atoms with Crippen molar-refractivity contribution in [2.24, 2.45) is 0 Å². The molecule has 0 radical (unpaired) electrons. The Morgan fingerprint density at radius 2 is 1.88 bits per heavy atom. The maximum Gasteiger partial charge on any atom is 0.325 e. The normalized spacial score (nSPS) is 14.0. The number of rotatable bonds is 5. The second-order valence-corrected chi connectivity index (χ2v) is 4.67. The third-order valence-corrected chi connectivity index (χ3v) is 2.98. The summed E-state index contributed by atoms with van der Waals surface area (Å²) in [6.45, 7) is 1.83. The molecule has 0 aliphatic rings. The van der Waals surface area contributed by atoms with E-state index in [1.807, 2.05) is 19.1 Å². The number of carbonyl (C=O) groups is 2. The van der Waals surface area contributed by atoms with Crippen LogP contribution in [0.2, 0.25) is 0 Å². The Balaban J connectivity index is 2.99. The molecule has 92 valence electrons. The summed E-state index contributed by atoms with van der Waals surface area (Å²) in [5.74, 6) is -2.54. The topological polar surface area (TPSA) is 74.6 Å². The fourth-order valence-corrected chi connectivity index (χ4v) is 1.82. The van der Waals surface area contributed by atoms with Crippen LogP contribution >= 0.6 is 11.6 Å². The van der Waals surface area contributed by atoms with Crippen molar-refractivity contribution in [3.8, 4) is 0 Å². The van der Waals surface area contributed by atoms with Gasteiger partial charge >= 0.3 is 11.9 Å². The van der Waals surface area contributed by atoms with Gasteiger partial charge in [0.05, 0.1) is 6.42 Å². The zero-order chi connectivity index (χ0) is 13.1. The zero-order valence-corrected chi connectivity index (χ0v) is 10.1. The molecular weight excluding hydrogens is 244 g/mol. The van der Waals surface area contributed by atoms with E-state index in [9.17, 15) is 9.59 Å². The van der Waals surface area contributed by atoms with Gasteiger partial charge in [0, 0.05) is 6.42 Å². The number of alkyl halides is 1. The molecule has 0 amide bonds. The Labute approximate surface area is 104 Å². The van der Waals surface area contributed by atoms with Gasteiger partial charge in [0.2, 0.25) is 0 Å². The summed E-state index contributed by atoms with van der Waals surface area (Å²) >= 11 is 5.90. The first-order chi connectivity index (χ1) is 7.85. The van der Waals surface area contributed by atoms with Crippen molar-refractivity contribution >= 4 is 23.5 Å². The minimum absolute atomic E-state index is 0.0110. The van der Waals surface area contributed by atoms with E-state index in [-0.39, 0.29) is 6.42 Å². The van der Waals surface area contributed by atoms with Crippen LogP contribution in [-0.2, 0) is 16.0 Å². The van der Waals surface area contributed by atoms with Crippen LogP contribution in [0.5, 0.6) is 0 Å². The zero-order valence-electron chi connectivity index (χ0n) is 9.31. The van der Waals surface area contributed by atoms with E-state index >= 15 is 0 Å². The van der Waals surface area contributed by atoms with E-state index in [0.717, 1.165) is 11.1 Å². The number of benzene rings is 1. The molecule has 1 rings (SSSR count). The number of aryl methyl sites for hydroxylation is 1. The Morgan fingerprint density at radius 3 is 2.35 bits per heavy atom. The van der Waals surface area contributed by atoms with Gasteiger partial charge in [-0.05, 0) is 18.1 Å². The number of carboxylic acids is 2. The highest BCUT2D eigenvalue weighted by Crippen LogP contribution is 2.27. The predicted molar refractivity (Wildman–Crippen MR) is 63.4 cm³/mol. The van der Waals surface area contributed by atoms with Crippen molar-refractivity contribution in [1.29, 1.82) is 0 Å². The molecule has 0 unspecified atom stereocenters. The van der Waals surface area contributed by atoms with Gasteiger partial charge in [-0.15, -0.1) is 11.6 Å². The molecule has 5 heteroatoms. The first kappa shape index (κ1) is 13.5. The summed E-state index contributed by atoms with van der Waals surface area (Å²) in [6.07, 6.45) is -0.624. The highest BCUT2D eigenvalue weighted by atomic mass is 35.5. The maximum absolute atomic E-state index is 11.1. The summed E-state index contributed by atoms with van der Waals surface area (Å²) in [5.41, 5.74) is 1.63. The van der Waals surface area contributed by atoms with Crippen LogP contribution in [0.15, 0.2) is 24.3 Å². The van der Waals surface area contributed by atoms with E-state index < -0.39 is 23.2 Å². The van der Waals surface area contributed by atoms with Crippen molar-refractivity contribution in [2.45, 2.75) is 24.6 Å². The van der Waals surface area contributed by atoms with Crippen molar-refractivity contribution in [3.63, 3.8) is 0 Å². The molecule has 0 aliphatic carbocycles. The van der Waals surface area contributed by atoms with E-state index in [0.29, 0.717) is 0 Å². The lowest BCUT2D eigenvalue weighted by atomic mass is 9.93. The van der Waals surface area contributed by atoms with Crippen molar-refractivity contribution in [2.75, 3.05) is 0 Å². The van der Waals surface area contributed by atoms with Gasteiger partial charge in [-0.25, -0.2) is 0 Å². The molecule has 2 N–H and O–H groups in total. The second-order valence-electron chi connectivity index (χ2n) is 3.94. The van der Waals surface area contributed by atoms with Crippen LogP contribution < -0.4 is 0 Å². The lowest BCUT2D eigenvalue weighted by Gasteiger charge is -2.21. The second kappa shape index (κ2) is 5.19. The molecule has 0 fully saturated rings. The van der Waals surface area contributed by atoms with Gasteiger partial charge in [0.1, 0.15) is 0 Å². The Kier molecular flexibility index (Phi) is 4.12. The fraction of sp³-hybridized carbons (Fsp3) is 0.333. The van der Waals surface area contributed by atoms with Gasteiger partial charge in [0.25, 0.3) is 0 Å². The number of carboxylic acid groups (broad SMARTS) is 2. The van der Waals surface area contributed by atoms with Gasteiger partial charge in [-0.2, -0.15) is 0 Å². The molecule has 0 heterocycles. The van der Waals surface area contributed by atoms with E-state index in [4.69, 9.17) is 21.8 Å². The SMILES string of the molecule is Cc1ccccc1C[C@](Cl)(CC(=O)O)C(=O)O. The Morgan fingerprint density at radius 1 is 1.29 bits per heavy atom.